The highest BCUT2D eigenvalue weighted by Gasteiger charge is 2.25. The van der Waals surface area contributed by atoms with E-state index in [0.717, 1.165) is 12.8 Å². The fourth-order valence-electron chi connectivity index (χ4n) is 2.08. The quantitative estimate of drug-likeness (QED) is 0.728. The summed E-state index contributed by atoms with van der Waals surface area (Å²) in [6.07, 6.45) is 6.10. The van der Waals surface area contributed by atoms with E-state index in [1.54, 1.807) is 0 Å². The van der Waals surface area contributed by atoms with Crippen molar-refractivity contribution in [1.82, 2.24) is 5.32 Å². The van der Waals surface area contributed by atoms with Crippen molar-refractivity contribution in [1.29, 1.82) is 0 Å². The van der Waals surface area contributed by atoms with E-state index in [-0.39, 0.29) is 11.9 Å². The summed E-state index contributed by atoms with van der Waals surface area (Å²) < 4.78 is 0. The van der Waals surface area contributed by atoms with Crippen LogP contribution in [0.5, 0.6) is 0 Å². The second-order valence-corrected chi connectivity index (χ2v) is 3.57. The predicted molar refractivity (Wildman–Crippen MR) is 60.0 cm³/mol. The molecule has 1 aliphatic carbocycles. The first kappa shape index (κ1) is 13.4. The lowest BCUT2D eigenvalue weighted by Gasteiger charge is -2.27. The fourth-order valence-corrected chi connectivity index (χ4v) is 2.08. The zero-order valence-corrected chi connectivity index (χ0v) is 9.68. The van der Waals surface area contributed by atoms with Gasteiger partial charge >= 0.3 is 0 Å². The van der Waals surface area contributed by atoms with E-state index in [9.17, 15) is 4.79 Å². The zero-order chi connectivity index (χ0) is 11.0. The van der Waals surface area contributed by atoms with E-state index in [1.165, 1.54) is 19.3 Å². The maximum Gasteiger partial charge on any atom is 0.234 e. The highest BCUT2D eigenvalue weighted by atomic mass is 16.1. The number of hydrogen-bond acceptors (Lipinski definition) is 2. The number of nitrogens with one attached hydrogen (secondary N) is 1. The Morgan fingerprint density at radius 1 is 1.29 bits per heavy atom. The minimum atomic E-state index is -0.204. The van der Waals surface area contributed by atoms with Crippen LogP contribution in [0.4, 0.5) is 0 Å². The summed E-state index contributed by atoms with van der Waals surface area (Å²) in [4.78, 5) is 11.0. The third kappa shape index (κ3) is 4.09. The predicted octanol–water partition coefficient (Wildman–Crippen LogP) is 1.67. The summed E-state index contributed by atoms with van der Waals surface area (Å²) in [6, 6.07) is -0.106. The highest BCUT2D eigenvalue weighted by Crippen LogP contribution is 2.26. The van der Waals surface area contributed by atoms with Gasteiger partial charge in [-0.25, -0.2) is 0 Å². The second-order valence-electron chi connectivity index (χ2n) is 3.57. The number of likely N-dealkylation sites (N-methyl/N-ethyl adjacent to an activating group) is 1. The van der Waals surface area contributed by atoms with E-state index in [0.29, 0.717) is 5.92 Å². The zero-order valence-electron chi connectivity index (χ0n) is 9.68. The van der Waals surface area contributed by atoms with Crippen molar-refractivity contribution >= 4 is 5.91 Å². The van der Waals surface area contributed by atoms with Gasteiger partial charge in [0.25, 0.3) is 0 Å². The topological polar surface area (TPSA) is 55.1 Å². The van der Waals surface area contributed by atoms with Crippen LogP contribution in [0.25, 0.3) is 0 Å². The Labute approximate surface area is 87.4 Å². The molecule has 1 atom stereocenters. The summed E-state index contributed by atoms with van der Waals surface area (Å²) in [5.41, 5.74) is 5.28. The van der Waals surface area contributed by atoms with E-state index >= 15 is 0 Å². The molecule has 1 saturated carbocycles. The van der Waals surface area contributed by atoms with Crippen LogP contribution >= 0.6 is 0 Å². The van der Waals surface area contributed by atoms with Gasteiger partial charge in [0.2, 0.25) is 5.91 Å². The van der Waals surface area contributed by atoms with Crippen LogP contribution in [-0.4, -0.2) is 19.0 Å². The van der Waals surface area contributed by atoms with Gasteiger partial charge in [0, 0.05) is 0 Å². The monoisotopic (exact) mass is 200 g/mol. The molecular formula is C11H24N2O. The number of primary amides is 1. The van der Waals surface area contributed by atoms with Gasteiger partial charge in [-0.05, 0) is 25.8 Å². The number of hydrogen-bond donors (Lipinski definition) is 2. The van der Waals surface area contributed by atoms with Crippen LogP contribution in [0.15, 0.2) is 0 Å². The van der Waals surface area contributed by atoms with Crippen LogP contribution < -0.4 is 11.1 Å². The Morgan fingerprint density at radius 2 is 1.79 bits per heavy atom. The Morgan fingerprint density at radius 3 is 2.14 bits per heavy atom. The molecule has 14 heavy (non-hydrogen) atoms. The molecular weight excluding hydrogens is 176 g/mol. The lowest BCUT2D eigenvalue weighted by Crippen LogP contribution is -2.45. The summed E-state index contributed by atoms with van der Waals surface area (Å²) >= 11 is 0. The molecule has 0 aliphatic heterocycles. The van der Waals surface area contributed by atoms with Crippen molar-refractivity contribution < 1.29 is 4.79 Å². The molecule has 0 aromatic heterocycles. The van der Waals surface area contributed by atoms with E-state index < -0.39 is 0 Å². The van der Waals surface area contributed by atoms with Crippen molar-refractivity contribution in [3.63, 3.8) is 0 Å². The fraction of sp³-hybridized carbons (Fsp3) is 0.909. The van der Waals surface area contributed by atoms with Gasteiger partial charge < -0.3 is 11.1 Å². The average Bonchev–Trinajstić information content (AvgIpc) is 2.23. The first-order chi connectivity index (χ1) is 6.75. The number of carbonyl (C=O) groups is 1. The molecule has 0 saturated heterocycles. The van der Waals surface area contributed by atoms with Gasteiger partial charge in [0.05, 0.1) is 6.04 Å². The summed E-state index contributed by atoms with van der Waals surface area (Å²) in [7, 11) is 1.81. The van der Waals surface area contributed by atoms with Gasteiger partial charge in [0.1, 0.15) is 0 Å². The molecule has 0 radical (unpaired) electrons. The maximum absolute atomic E-state index is 11.0. The molecule has 84 valence electrons. The molecule has 0 aromatic rings. The van der Waals surface area contributed by atoms with Gasteiger partial charge in [-0.2, -0.15) is 0 Å². The molecule has 3 heteroatoms. The molecule has 1 unspecified atom stereocenters. The minimum Gasteiger partial charge on any atom is -0.368 e. The van der Waals surface area contributed by atoms with Crippen molar-refractivity contribution in [3.8, 4) is 0 Å². The summed E-state index contributed by atoms with van der Waals surface area (Å²) in [5.74, 6) is 0.269. The smallest absolute Gasteiger partial charge is 0.234 e. The largest absolute Gasteiger partial charge is 0.368 e. The van der Waals surface area contributed by atoms with E-state index in [2.05, 4.69) is 5.32 Å². The number of rotatable bonds is 3. The maximum atomic E-state index is 11.0. The van der Waals surface area contributed by atoms with Crippen LogP contribution in [0, 0.1) is 5.92 Å². The van der Waals surface area contributed by atoms with Crippen molar-refractivity contribution in [3.05, 3.63) is 0 Å². The molecule has 0 heterocycles. The Balaban J connectivity index is 0.000000791. The van der Waals surface area contributed by atoms with Crippen LogP contribution in [0.3, 0.4) is 0 Å². The summed E-state index contributed by atoms with van der Waals surface area (Å²) in [6.45, 7) is 4.00. The molecule has 1 fully saturated rings. The van der Waals surface area contributed by atoms with Crippen molar-refractivity contribution in [2.24, 2.45) is 11.7 Å². The van der Waals surface area contributed by atoms with Crippen LogP contribution in [0.1, 0.15) is 46.0 Å². The third-order valence-corrected chi connectivity index (χ3v) is 2.74. The Kier molecular flexibility index (Phi) is 7.48. The molecule has 1 amide bonds. The van der Waals surface area contributed by atoms with Crippen LogP contribution in [0.2, 0.25) is 0 Å². The molecule has 1 rings (SSSR count). The molecule has 0 bridgehead atoms. The second kappa shape index (κ2) is 7.80. The number of carbonyl (C=O) groups excluding carboxylic acids is 1. The SMILES string of the molecule is CC.CNC(C(N)=O)C1CCCCC1. The standard InChI is InChI=1S/C9H18N2O.C2H6/c1-11-8(9(10)12)7-5-3-2-4-6-7;1-2/h7-8,11H,2-6H2,1H3,(H2,10,12);1-2H3. The molecule has 0 aromatic carbocycles. The van der Waals surface area contributed by atoms with Gasteiger partial charge in [-0.3, -0.25) is 4.79 Å². The van der Waals surface area contributed by atoms with E-state index in [1.807, 2.05) is 20.9 Å². The summed E-state index contributed by atoms with van der Waals surface area (Å²) in [5, 5.41) is 3.00. The van der Waals surface area contributed by atoms with E-state index in [4.69, 9.17) is 5.73 Å². The first-order valence-corrected chi connectivity index (χ1v) is 5.72. The van der Waals surface area contributed by atoms with Crippen molar-refractivity contribution in [2.75, 3.05) is 7.05 Å². The lowest BCUT2D eigenvalue weighted by atomic mass is 9.84. The minimum absolute atomic E-state index is 0.106. The molecule has 1 aliphatic rings. The normalized spacial score (nSPS) is 19.4. The first-order valence-electron chi connectivity index (χ1n) is 5.72. The van der Waals surface area contributed by atoms with Crippen molar-refractivity contribution in [2.45, 2.75) is 52.0 Å². The molecule has 3 N–H and O–H groups in total. The third-order valence-electron chi connectivity index (χ3n) is 2.74. The molecule has 0 spiro atoms. The number of amides is 1. The number of nitrogens with two attached hydrogens (primary N) is 1. The Hall–Kier alpha value is -0.570. The highest BCUT2D eigenvalue weighted by molar-refractivity contribution is 5.80. The van der Waals surface area contributed by atoms with Gasteiger partial charge in [0.15, 0.2) is 0 Å². The average molecular weight is 200 g/mol. The van der Waals surface area contributed by atoms with Gasteiger partial charge in [-0.1, -0.05) is 33.1 Å². The Bertz CT molecular complexity index is 153. The molecule has 3 nitrogen and oxygen atoms in total. The van der Waals surface area contributed by atoms with Gasteiger partial charge in [-0.15, -0.1) is 0 Å². The van der Waals surface area contributed by atoms with Crippen LogP contribution in [-0.2, 0) is 4.79 Å². The lowest BCUT2D eigenvalue weighted by molar-refractivity contribution is -0.121.